The topological polar surface area (TPSA) is 48.1 Å². The van der Waals surface area contributed by atoms with Crippen molar-refractivity contribution in [2.75, 3.05) is 7.11 Å². The summed E-state index contributed by atoms with van der Waals surface area (Å²) in [5.74, 6) is 0.619. The summed E-state index contributed by atoms with van der Waals surface area (Å²) in [5, 5.41) is 0.873. The Hall–Kier alpha value is -1.29. The van der Waals surface area contributed by atoms with Crippen molar-refractivity contribution in [3.05, 3.63) is 57.8 Å². The van der Waals surface area contributed by atoms with Crippen LogP contribution in [0.2, 0.25) is 10.0 Å². The second-order valence-electron chi connectivity index (χ2n) is 3.74. The number of hydrogen-bond acceptors (Lipinski definition) is 3. The van der Waals surface area contributed by atoms with E-state index in [9.17, 15) is 0 Å². The Bertz CT molecular complexity index is 546. The predicted molar refractivity (Wildman–Crippen MR) is 73.3 cm³/mol. The third kappa shape index (κ3) is 2.43. The van der Waals surface area contributed by atoms with Crippen LogP contribution in [-0.2, 0) is 0 Å². The van der Waals surface area contributed by atoms with E-state index < -0.39 is 6.04 Å². The highest BCUT2D eigenvalue weighted by Gasteiger charge is 2.19. The first kappa shape index (κ1) is 13.1. The zero-order valence-electron chi connectivity index (χ0n) is 9.73. The van der Waals surface area contributed by atoms with Crippen LogP contribution < -0.4 is 10.5 Å². The van der Waals surface area contributed by atoms with Crippen molar-refractivity contribution >= 4 is 23.2 Å². The average Bonchev–Trinajstić information content (AvgIpc) is 2.42. The van der Waals surface area contributed by atoms with Crippen LogP contribution in [0.3, 0.4) is 0 Å². The molecular formula is C13H12Cl2N2O. The molecule has 5 heteroatoms. The highest BCUT2D eigenvalue weighted by Crippen LogP contribution is 2.38. The molecule has 1 unspecified atom stereocenters. The summed E-state index contributed by atoms with van der Waals surface area (Å²) in [6, 6.07) is 6.70. The van der Waals surface area contributed by atoms with E-state index in [0.29, 0.717) is 21.4 Å². The van der Waals surface area contributed by atoms with Crippen molar-refractivity contribution in [2.24, 2.45) is 5.73 Å². The van der Waals surface area contributed by atoms with Crippen molar-refractivity contribution in [2.45, 2.75) is 6.04 Å². The number of pyridine rings is 1. The molecule has 3 nitrogen and oxygen atoms in total. The number of hydrogen-bond donors (Lipinski definition) is 1. The van der Waals surface area contributed by atoms with Crippen molar-refractivity contribution < 1.29 is 4.74 Å². The molecule has 0 bridgehead atoms. The Morgan fingerprint density at radius 2 is 1.83 bits per heavy atom. The molecule has 1 aromatic heterocycles. The molecule has 0 aliphatic rings. The van der Waals surface area contributed by atoms with E-state index in [0.717, 1.165) is 5.56 Å². The quantitative estimate of drug-likeness (QED) is 0.938. The Labute approximate surface area is 115 Å². The molecule has 0 fully saturated rings. The molecule has 1 atom stereocenters. The molecule has 0 aliphatic carbocycles. The molecule has 2 N–H and O–H groups in total. The van der Waals surface area contributed by atoms with Crippen LogP contribution in [0.4, 0.5) is 0 Å². The first-order chi connectivity index (χ1) is 8.65. The molecule has 0 spiro atoms. The first-order valence-electron chi connectivity index (χ1n) is 5.32. The fraction of sp³-hybridized carbons (Fsp3) is 0.154. The molecular weight excluding hydrogens is 271 g/mol. The highest BCUT2D eigenvalue weighted by molar-refractivity contribution is 6.42. The van der Waals surface area contributed by atoms with Gasteiger partial charge >= 0.3 is 0 Å². The Morgan fingerprint density at radius 1 is 1.17 bits per heavy atom. The van der Waals surface area contributed by atoms with Crippen LogP contribution in [0.1, 0.15) is 17.2 Å². The third-order valence-corrected chi connectivity index (χ3v) is 3.51. The predicted octanol–water partition coefficient (Wildman–Crippen LogP) is 3.45. The van der Waals surface area contributed by atoms with Gasteiger partial charge in [0.25, 0.3) is 0 Å². The second-order valence-corrected chi connectivity index (χ2v) is 4.52. The van der Waals surface area contributed by atoms with Gasteiger partial charge in [0.05, 0.1) is 23.2 Å². The number of nitrogens with two attached hydrogens (primary N) is 1. The minimum Gasteiger partial charge on any atom is -0.496 e. The molecule has 0 radical (unpaired) electrons. The Kier molecular flexibility index (Phi) is 4.07. The van der Waals surface area contributed by atoms with Gasteiger partial charge in [-0.05, 0) is 29.8 Å². The zero-order valence-corrected chi connectivity index (χ0v) is 11.2. The van der Waals surface area contributed by atoms with Gasteiger partial charge in [0.15, 0.2) is 0 Å². The summed E-state index contributed by atoms with van der Waals surface area (Å²) >= 11 is 12.2. The van der Waals surface area contributed by atoms with Gasteiger partial charge in [0, 0.05) is 18.0 Å². The minimum atomic E-state index is -0.408. The summed E-state index contributed by atoms with van der Waals surface area (Å²) in [4.78, 5) is 3.96. The maximum atomic E-state index is 6.21. The van der Waals surface area contributed by atoms with Crippen LogP contribution in [-0.4, -0.2) is 12.1 Å². The minimum absolute atomic E-state index is 0.408. The van der Waals surface area contributed by atoms with Crippen molar-refractivity contribution in [1.82, 2.24) is 4.98 Å². The third-order valence-electron chi connectivity index (χ3n) is 2.69. The SMILES string of the molecule is COc1ccc(Cl)c(Cl)c1C(N)c1ccncc1. The van der Waals surface area contributed by atoms with Crippen molar-refractivity contribution in [3.63, 3.8) is 0 Å². The van der Waals surface area contributed by atoms with E-state index >= 15 is 0 Å². The maximum absolute atomic E-state index is 6.21. The lowest BCUT2D eigenvalue weighted by molar-refractivity contribution is 0.408. The number of nitrogens with zero attached hydrogens (tertiary/aromatic N) is 1. The van der Waals surface area contributed by atoms with Crippen LogP contribution in [0.5, 0.6) is 5.75 Å². The normalized spacial score (nSPS) is 12.2. The van der Waals surface area contributed by atoms with Gasteiger partial charge < -0.3 is 10.5 Å². The van der Waals surface area contributed by atoms with Gasteiger partial charge in [-0.15, -0.1) is 0 Å². The largest absolute Gasteiger partial charge is 0.496 e. The van der Waals surface area contributed by atoms with Gasteiger partial charge in [-0.25, -0.2) is 0 Å². The molecule has 2 rings (SSSR count). The first-order valence-corrected chi connectivity index (χ1v) is 6.08. The summed E-state index contributed by atoms with van der Waals surface area (Å²) in [6.07, 6.45) is 3.36. The number of methoxy groups -OCH3 is 1. The van der Waals surface area contributed by atoms with E-state index in [1.807, 2.05) is 12.1 Å². The zero-order chi connectivity index (χ0) is 13.1. The average molecular weight is 283 g/mol. The lowest BCUT2D eigenvalue weighted by atomic mass is 9.99. The summed E-state index contributed by atoms with van der Waals surface area (Å²) in [7, 11) is 1.57. The summed E-state index contributed by atoms with van der Waals surface area (Å²) < 4.78 is 5.29. The molecule has 18 heavy (non-hydrogen) atoms. The van der Waals surface area contributed by atoms with E-state index in [-0.39, 0.29) is 0 Å². The van der Waals surface area contributed by atoms with Gasteiger partial charge in [0.2, 0.25) is 0 Å². The lowest BCUT2D eigenvalue weighted by Crippen LogP contribution is -2.14. The van der Waals surface area contributed by atoms with Gasteiger partial charge in [0.1, 0.15) is 5.75 Å². The van der Waals surface area contributed by atoms with Crippen LogP contribution in [0, 0.1) is 0 Å². The molecule has 1 aromatic carbocycles. The number of benzene rings is 1. The fourth-order valence-corrected chi connectivity index (χ4v) is 2.19. The number of aromatic nitrogens is 1. The summed E-state index contributed by atoms with van der Waals surface area (Å²) in [5.41, 5.74) is 7.79. The maximum Gasteiger partial charge on any atom is 0.125 e. The van der Waals surface area contributed by atoms with Gasteiger partial charge in [-0.3, -0.25) is 4.98 Å². The molecule has 94 valence electrons. The molecule has 0 saturated heterocycles. The van der Waals surface area contributed by atoms with Gasteiger partial charge in [-0.2, -0.15) is 0 Å². The molecule has 0 aliphatic heterocycles. The number of rotatable bonds is 3. The number of ether oxygens (including phenoxy) is 1. The smallest absolute Gasteiger partial charge is 0.125 e. The summed E-state index contributed by atoms with van der Waals surface area (Å²) in [6.45, 7) is 0. The van der Waals surface area contributed by atoms with Crippen LogP contribution in [0.25, 0.3) is 0 Å². The standard InChI is InChI=1S/C13H12Cl2N2O/c1-18-10-3-2-9(14)12(15)11(10)13(16)8-4-6-17-7-5-8/h2-7,13H,16H2,1H3. The second kappa shape index (κ2) is 5.57. The van der Waals surface area contributed by atoms with E-state index in [4.69, 9.17) is 33.7 Å². The Morgan fingerprint density at radius 3 is 2.44 bits per heavy atom. The monoisotopic (exact) mass is 282 g/mol. The van der Waals surface area contributed by atoms with Crippen molar-refractivity contribution in [1.29, 1.82) is 0 Å². The molecule has 1 heterocycles. The molecule has 0 saturated carbocycles. The van der Waals surface area contributed by atoms with E-state index in [2.05, 4.69) is 4.98 Å². The van der Waals surface area contributed by atoms with E-state index in [1.54, 1.807) is 31.6 Å². The van der Waals surface area contributed by atoms with Crippen LogP contribution >= 0.6 is 23.2 Å². The van der Waals surface area contributed by atoms with Crippen LogP contribution in [0.15, 0.2) is 36.7 Å². The molecule has 2 aromatic rings. The van der Waals surface area contributed by atoms with E-state index in [1.165, 1.54) is 0 Å². The van der Waals surface area contributed by atoms with Crippen molar-refractivity contribution in [3.8, 4) is 5.75 Å². The van der Waals surface area contributed by atoms with Gasteiger partial charge in [-0.1, -0.05) is 23.2 Å². The number of halogens is 2. The highest BCUT2D eigenvalue weighted by atomic mass is 35.5. The Balaban J connectivity index is 2.53. The fourth-order valence-electron chi connectivity index (χ4n) is 1.75. The molecule has 0 amide bonds. The lowest BCUT2D eigenvalue weighted by Gasteiger charge is -2.18.